The van der Waals surface area contributed by atoms with Crippen LogP contribution in [0.4, 0.5) is 0 Å². The monoisotopic (exact) mass is 279 g/mol. The summed E-state index contributed by atoms with van der Waals surface area (Å²) in [6.07, 6.45) is 11.1. The van der Waals surface area contributed by atoms with Gasteiger partial charge in [-0.25, -0.2) is 4.98 Å². The smallest absolute Gasteiger partial charge is 0.127 e. The number of hydrogen-bond donors (Lipinski definition) is 1. The van der Waals surface area contributed by atoms with E-state index in [9.17, 15) is 5.11 Å². The number of benzene rings is 1. The number of rotatable bonds is 1. The van der Waals surface area contributed by atoms with Crippen molar-refractivity contribution in [3.8, 4) is 0 Å². The molecule has 0 spiro atoms. The number of nitrogens with zero attached hydrogens (tertiary/aromatic N) is 1. The lowest BCUT2D eigenvalue weighted by Gasteiger charge is -2.22. The molecule has 20 heavy (non-hydrogen) atoms. The van der Waals surface area contributed by atoms with Crippen molar-refractivity contribution in [3.63, 3.8) is 0 Å². The highest BCUT2D eigenvalue weighted by Crippen LogP contribution is 2.38. The van der Waals surface area contributed by atoms with Crippen LogP contribution in [0.1, 0.15) is 11.4 Å². The average Bonchev–Trinajstić information content (AvgIpc) is 2.90. The molecule has 1 N–H and O–H groups in total. The molecule has 0 saturated heterocycles. The van der Waals surface area contributed by atoms with E-state index in [0.29, 0.717) is 18.1 Å². The summed E-state index contributed by atoms with van der Waals surface area (Å²) in [4.78, 5) is 4.64. The van der Waals surface area contributed by atoms with E-state index >= 15 is 0 Å². The van der Waals surface area contributed by atoms with Gasteiger partial charge in [0.1, 0.15) is 10.8 Å². The summed E-state index contributed by atoms with van der Waals surface area (Å²) in [5, 5.41) is 11.2. The van der Waals surface area contributed by atoms with Crippen LogP contribution in [0, 0.1) is 5.92 Å². The van der Waals surface area contributed by atoms with E-state index in [1.54, 1.807) is 11.3 Å². The van der Waals surface area contributed by atoms with Gasteiger partial charge in [-0.15, -0.1) is 11.3 Å². The Bertz CT molecular complexity index is 774. The zero-order valence-electron chi connectivity index (χ0n) is 10.8. The zero-order valence-corrected chi connectivity index (χ0v) is 11.6. The Morgan fingerprint density at radius 3 is 3.00 bits per heavy atom. The second kappa shape index (κ2) is 4.46. The molecule has 3 heteroatoms. The van der Waals surface area contributed by atoms with Gasteiger partial charge in [0, 0.05) is 17.9 Å². The van der Waals surface area contributed by atoms with Gasteiger partial charge in [0.25, 0.3) is 0 Å². The van der Waals surface area contributed by atoms with Crippen LogP contribution < -0.4 is 0 Å². The number of aliphatic hydroxyl groups is 1. The van der Waals surface area contributed by atoms with Gasteiger partial charge < -0.3 is 5.11 Å². The summed E-state index contributed by atoms with van der Waals surface area (Å²) in [6.45, 7) is 0. The Hall–Kier alpha value is -2.13. The fourth-order valence-corrected chi connectivity index (χ4v) is 3.69. The first-order chi connectivity index (χ1) is 9.81. The van der Waals surface area contributed by atoms with Crippen molar-refractivity contribution in [3.05, 3.63) is 71.0 Å². The predicted octanol–water partition coefficient (Wildman–Crippen LogP) is 4.64. The molecule has 2 aliphatic carbocycles. The van der Waals surface area contributed by atoms with E-state index in [2.05, 4.69) is 29.3 Å². The van der Waals surface area contributed by atoms with E-state index in [4.69, 9.17) is 0 Å². The van der Waals surface area contributed by atoms with Crippen molar-refractivity contribution in [2.45, 2.75) is 6.42 Å². The molecule has 1 aromatic heterocycles. The van der Waals surface area contributed by atoms with Gasteiger partial charge in [-0.05, 0) is 23.8 Å². The summed E-state index contributed by atoms with van der Waals surface area (Å²) >= 11 is 1.63. The van der Waals surface area contributed by atoms with Crippen LogP contribution in [0.2, 0.25) is 0 Å². The van der Waals surface area contributed by atoms with Gasteiger partial charge in [-0.2, -0.15) is 0 Å². The van der Waals surface area contributed by atoms with E-state index < -0.39 is 0 Å². The summed E-state index contributed by atoms with van der Waals surface area (Å²) in [6, 6.07) is 8.08. The van der Waals surface area contributed by atoms with Gasteiger partial charge >= 0.3 is 0 Å². The molecule has 0 aliphatic heterocycles. The predicted molar refractivity (Wildman–Crippen MR) is 83.6 cm³/mol. The van der Waals surface area contributed by atoms with Gasteiger partial charge in [-0.1, -0.05) is 36.4 Å². The van der Waals surface area contributed by atoms with Crippen molar-refractivity contribution < 1.29 is 5.11 Å². The lowest BCUT2D eigenvalue weighted by Crippen LogP contribution is -2.09. The minimum absolute atomic E-state index is 0.304. The van der Waals surface area contributed by atoms with Crippen LogP contribution in [0.25, 0.3) is 15.8 Å². The first-order valence-corrected chi connectivity index (χ1v) is 7.47. The fraction of sp³-hybridized carbons (Fsp3) is 0.118. The van der Waals surface area contributed by atoms with Crippen LogP contribution in [-0.4, -0.2) is 10.1 Å². The van der Waals surface area contributed by atoms with E-state index in [-0.39, 0.29) is 0 Å². The Morgan fingerprint density at radius 1 is 1.20 bits per heavy atom. The molecule has 0 bridgehead atoms. The molecular weight excluding hydrogens is 266 g/mol. The first kappa shape index (κ1) is 11.7. The SMILES string of the molecule is OC1=C(c2nc3ccccc3s2)C=C2C=CC=CC2C1. The molecule has 2 nitrogen and oxygen atoms in total. The van der Waals surface area contributed by atoms with Gasteiger partial charge in [0.05, 0.1) is 10.2 Å². The highest BCUT2D eigenvalue weighted by Gasteiger charge is 2.23. The molecule has 0 saturated carbocycles. The molecule has 1 heterocycles. The van der Waals surface area contributed by atoms with Crippen molar-refractivity contribution in [1.82, 2.24) is 4.98 Å². The number of para-hydroxylation sites is 1. The van der Waals surface area contributed by atoms with Crippen molar-refractivity contribution >= 4 is 27.1 Å². The second-order valence-corrected chi connectivity index (χ2v) is 6.08. The van der Waals surface area contributed by atoms with Gasteiger partial charge in [0.15, 0.2) is 0 Å². The number of allylic oxidation sites excluding steroid dienone is 8. The quantitative estimate of drug-likeness (QED) is 0.825. The molecule has 0 radical (unpaired) electrons. The molecule has 98 valence electrons. The summed E-state index contributed by atoms with van der Waals surface area (Å²) < 4.78 is 1.16. The number of aliphatic hydroxyl groups excluding tert-OH is 1. The zero-order chi connectivity index (χ0) is 13.5. The third-order valence-electron chi connectivity index (χ3n) is 3.73. The molecule has 2 aromatic rings. The molecule has 0 amide bonds. The van der Waals surface area contributed by atoms with Crippen LogP contribution in [0.5, 0.6) is 0 Å². The van der Waals surface area contributed by atoms with E-state index in [1.165, 1.54) is 5.57 Å². The Morgan fingerprint density at radius 2 is 2.10 bits per heavy atom. The number of aromatic nitrogens is 1. The van der Waals surface area contributed by atoms with Crippen LogP contribution in [0.3, 0.4) is 0 Å². The second-order valence-electron chi connectivity index (χ2n) is 5.05. The van der Waals surface area contributed by atoms with E-state index in [0.717, 1.165) is 20.8 Å². The highest BCUT2D eigenvalue weighted by atomic mass is 32.1. The van der Waals surface area contributed by atoms with Crippen molar-refractivity contribution in [2.75, 3.05) is 0 Å². The average molecular weight is 279 g/mol. The van der Waals surface area contributed by atoms with Gasteiger partial charge in [0.2, 0.25) is 0 Å². The Kier molecular flexibility index (Phi) is 2.60. The number of thiazole rings is 1. The molecule has 4 rings (SSSR count). The van der Waals surface area contributed by atoms with E-state index in [1.807, 2.05) is 30.4 Å². The topological polar surface area (TPSA) is 33.1 Å². The normalized spacial score (nSPS) is 21.2. The molecule has 1 unspecified atom stereocenters. The Labute approximate surface area is 121 Å². The molecule has 2 aliphatic rings. The number of fused-ring (bicyclic) bond motifs is 2. The molecule has 0 fully saturated rings. The third kappa shape index (κ3) is 1.82. The van der Waals surface area contributed by atoms with Crippen molar-refractivity contribution in [1.29, 1.82) is 0 Å². The standard InChI is InChI=1S/C17H13NOS/c19-15-10-12-6-2-1-5-11(12)9-13(15)17-18-14-7-3-4-8-16(14)20-17/h1-9,12,19H,10H2. The highest BCUT2D eigenvalue weighted by molar-refractivity contribution is 7.19. The first-order valence-electron chi connectivity index (χ1n) is 6.66. The summed E-state index contributed by atoms with van der Waals surface area (Å²) in [7, 11) is 0. The molecule has 1 aromatic carbocycles. The van der Waals surface area contributed by atoms with Crippen LogP contribution in [-0.2, 0) is 0 Å². The minimum atomic E-state index is 0.304. The third-order valence-corrected chi connectivity index (χ3v) is 4.80. The molecular formula is C17H13NOS. The minimum Gasteiger partial charge on any atom is -0.512 e. The fourth-order valence-electron chi connectivity index (χ4n) is 2.68. The largest absolute Gasteiger partial charge is 0.512 e. The summed E-state index contributed by atoms with van der Waals surface area (Å²) in [5.74, 6) is 0.746. The Balaban J connectivity index is 1.83. The van der Waals surface area contributed by atoms with Crippen molar-refractivity contribution in [2.24, 2.45) is 5.92 Å². The lowest BCUT2D eigenvalue weighted by molar-refractivity contribution is 0.377. The van der Waals surface area contributed by atoms with Crippen LogP contribution in [0.15, 0.2) is 66.0 Å². The maximum atomic E-state index is 10.3. The van der Waals surface area contributed by atoms with Crippen LogP contribution >= 0.6 is 11.3 Å². The lowest BCUT2D eigenvalue weighted by atomic mass is 9.85. The maximum Gasteiger partial charge on any atom is 0.127 e. The maximum absolute atomic E-state index is 10.3. The molecule has 1 atom stereocenters. The number of hydrogen-bond acceptors (Lipinski definition) is 3. The van der Waals surface area contributed by atoms with Gasteiger partial charge in [-0.3, -0.25) is 0 Å². The summed E-state index contributed by atoms with van der Waals surface area (Å²) in [5.41, 5.74) is 3.12.